The molecule has 2 fully saturated rings. The first-order valence-corrected chi connectivity index (χ1v) is 18.8. The predicted octanol–water partition coefficient (Wildman–Crippen LogP) is 3.64. The number of rotatable bonds is 14. The van der Waals surface area contributed by atoms with Crippen LogP contribution in [0.4, 0.5) is 0 Å². The van der Waals surface area contributed by atoms with Gasteiger partial charge in [0.05, 0.1) is 5.69 Å². The standard InChI is InChI=1S/C36H50N8S.C2H2O4/c1-41-18-22-43(23-19-41)16-3-14-37-27-29-5-9-31(10-6-29)34-33-13-26-45-36(33)40-35(39-34)32-11-7-30(8-12-32)28-38-15-4-17-44-24-20-42(2)21-25-44;3-1(4)2(5)6/h5-13,26,37-38H,3-4,14-25,27-28H2,1-2H3;(H,3,4)(H,5,6). The molecule has 4 N–H and O–H groups in total. The lowest BCUT2D eigenvalue weighted by atomic mass is 10.1. The van der Waals surface area contributed by atoms with Crippen LogP contribution in [0.3, 0.4) is 0 Å². The van der Waals surface area contributed by atoms with Crippen LogP contribution in [0.2, 0.25) is 0 Å². The van der Waals surface area contributed by atoms with Gasteiger partial charge in [0.25, 0.3) is 0 Å². The molecule has 2 aromatic heterocycles. The molecular formula is C38H52N8O4S. The molecule has 0 spiro atoms. The third kappa shape index (κ3) is 12.1. The quantitative estimate of drug-likeness (QED) is 0.112. The molecule has 2 saturated heterocycles. The van der Waals surface area contributed by atoms with Gasteiger partial charge >= 0.3 is 11.9 Å². The molecule has 6 rings (SSSR count). The maximum Gasteiger partial charge on any atom is 0.414 e. The molecular weight excluding hydrogens is 665 g/mol. The molecule has 0 radical (unpaired) electrons. The Bertz CT molecular complexity index is 1660. The number of thiophene rings is 1. The van der Waals surface area contributed by atoms with Gasteiger partial charge in [-0.05, 0) is 75.7 Å². The second-order valence-corrected chi connectivity index (χ2v) is 14.3. The molecule has 12 nitrogen and oxygen atoms in total. The minimum atomic E-state index is -1.82. The molecule has 4 heterocycles. The van der Waals surface area contributed by atoms with E-state index in [1.807, 2.05) is 0 Å². The van der Waals surface area contributed by atoms with Crippen molar-refractivity contribution in [1.29, 1.82) is 0 Å². The minimum Gasteiger partial charge on any atom is -0.473 e. The second-order valence-electron chi connectivity index (χ2n) is 13.4. The fourth-order valence-electron chi connectivity index (χ4n) is 6.22. The van der Waals surface area contributed by atoms with Gasteiger partial charge in [-0.2, -0.15) is 0 Å². The highest BCUT2D eigenvalue weighted by Crippen LogP contribution is 2.32. The maximum absolute atomic E-state index is 9.10. The van der Waals surface area contributed by atoms with Gasteiger partial charge in [-0.1, -0.05) is 48.5 Å². The molecule has 0 bridgehead atoms. The zero-order valence-corrected chi connectivity index (χ0v) is 30.7. The summed E-state index contributed by atoms with van der Waals surface area (Å²) in [5.74, 6) is -2.86. The predicted molar refractivity (Wildman–Crippen MR) is 204 cm³/mol. The highest BCUT2D eigenvalue weighted by Gasteiger charge is 2.15. The number of carboxylic acids is 2. The van der Waals surface area contributed by atoms with E-state index in [2.05, 4.69) is 104 Å². The number of aliphatic carboxylic acids is 2. The van der Waals surface area contributed by atoms with Crippen molar-refractivity contribution in [2.75, 3.05) is 92.6 Å². The van der Waals surface area contributed by atoms with Gasteiger partial charge in [0, 0.05) is 82.0 Å². The number of fused-ring (bicyclic) bond motifs is 1. The summed E-state index contributed by atoms with van der Waals surface area (Å²) in [6.07, 6.45) is 2.38. The van der Waals surface area contributed by atoms with E-state index < -0.39 is 11.9 Å². The highest BCUT2D eigenvalue weighted by atomic mass is 32.1. The van der Waals surface area contributed by atoms with Crippen LogP contribution in [0.15, 0.2) is 60.0 Å². The van der Waals surface area contributed by atoms with E-state index in [1.54, 1.807) is 11.3 Å². The summed E-state index contributed by atoms with van der Waals surface area (Å²) in [5.41, 5.74) is 5.80. The van der Waals surface area contributed by atoms with Crippen LogP contribution in [0.1, 0.15) is 24.0 Å². The largest absolute Gasteiger partial charge is 0.473 e. The van der Waals surface area contributed by atoms with Crippen molar-refractivity contribution in [2.45, 2.75) is 25.9 Å². The lowest BCUT2D eigenvalue weighted by Crippen LogP contribution is -2.45. The number of benzene rings is 2. The van der Waals surface area contributed by atoms with E-state index >= 15 is 0 Å². The number of hydrogen-bond donors (Lipinski definition) is 4. The summed E-state index contributed by atoms with van der Waals surface area (Å²) in [5, 5.41) is 25.3. The average molecular weight is 717 g/mol. The number of nitrogens with zero attached hydrogens (tertiary/aromatic N) is 6. The monoisotopic (exact) mass is 716 g/mol. The van der Waals surface area contributed by atoms with Crippen LogP contribution < -0.4 is 10.6 Å². The van der Waals surface area contributed by atoms with Crippen molar-refractivity contribution in [3.63, 3.8) is 0 Å². The van der Waals surface area contributed by atoms with Gasteiger partial charge in [-0.25, -0.2) is 19.6 Å². The molecule has 0 amide bonds. The summed E-state index contributed by atoms with van der Waals surface area (Å²) in [4.78, 5) is 39.3. The summed E-state index contributed by atoms with van der Waals surface area (Å²) < 4.78 is 0. The Hall–Kier alpha value is -3.82. The lowest BCUT2D eigenvalue weighted by molar-refractivity contribution is -0.159. The van der Waals surface area contributed by atoms with Crippen LogP contribution in [-0.2, 0) is 22.7 Å². The van der Waals surface area contributed by atoms with Crippen LogP contribution >= 0.6 is 11.3 Å². The van der Waals surface area contributed by atoms with Crippen molar-refractivity contribution in [1.82, 2.24) is 40.2 Å². The Labute approximate surface area is 305 Å². The normalized spacial score (nSPS) is 16.2. The fraction of sp³-hybridized carbons (Fsp3) is 0.474. The van der Waals surface area contributed by atoms with Crippen molar-refractivity contribution >= 4 is 33.5 Å². The number of carboxylic acid groups (broad SMARTS) is 2. The van der Waals surface area contributed by atoms with E-state index in [9.17, 15) is 0 Å². The summed E-state index contributed by atoms with van der Waals surface area (Å²) in [6.45, 7) is 15.8. The van der Waals surface area contributed by atoms with E-state index in [0.717, 1.165) is 59.0 Å². The van der Waals surface area contributed by atoms with Gasteiger partial charge in [-0.3, -0.25) is 0 Å². The van der Waals surface area contributed by atoms with Gasteiger partial charge in [0.1, 0.15) is 4.83 Å². The van der Waals surface area contributed by atoms with Gasteiger partial charge in [0.2, 0.25) is 0 Å². The van der Waals surface area contributed by atoms with E-state index in [1.165, 1.54) is 89.4 Å². The first-order valence-electron chi connectivity index (χ1n) is 17.9. The van der Waals surface area contributed by atoms with Crippen molar-refractivity contribution in [2.24, 2.45) is 0 Å². The second kappa shape index (κ2) is 19.7. The summed E-state index contributed by atoms with van der Waals surface area (Å²) in [6, 6.07) is 19.8. The maximum atomic E-state index is 9.10. The van der Waals surface area contributed by atoms with Crippen LogP contribution in [0, 0.1) is 0 Å². The van der Waals surface area contributed by atoms with Crippen LogP contribution in [0.5, 0.6) is 0 Å². The number of carbonyl (C=O) groups is 2. The van der Waals surface area contributed by atoms with E-state index in [0.29, 0.717) is 0 Å². The zero-order valence-electron chi connectivity index (χ0n) is 29.9. The van der Waals surface area contributed by atoms with Gasteiger partial charge in [0.15, 0.2) is 5.82 Å². The molecule has 0 saturated carbocycles. The third-order valence-electron chi connectivity index (χ3n) is 9.45. The topological polar surface area (TPSA) is 137 Å². The molecule has 0 aliphatic carbocycles. The molecule has 2 aliphatic rings. The third-order valence-corrected chi connectivity index (χ3v) is 10.3. The van der Waals surface area contributed by atoms with Crippen molar-refractivity contribution in [3.8, 4) is 22.6 Å². The lowest BCUT2D eigenvalue weighted by Gasteiger charge is -2.32. The fourth-order valence-corrected chi connectivity index (χ4v) is 6.98. The number of nitrogens with one attached hydrogen (secondary N) is 2. The summed E-state index contributed by atoms with van der Waals surface area (Å²) in [7, 11) is 4.43. The van der Waals surface area contributed by atoms with Crippen LogP contribution in [-0.4, -0.2) is 144 Å². The van der Waals surface area contributed by atoms with Gasteiger partial charge < -0.3 is 40.4 Å². The molecule has 0 atom stereocenters. The Morgan fingerprint density at radius 2 is 1.14 bits per heavy atom. The SMILES string of the molecule is CN1CCN(CCCNCc2ccc(-c3nc(-c4ccc(CNCCCN5CCN(C)CC5)cc4)c4ccsc4n3)cc2)CC1.O=C(O)C(=O)O. The molecule has 2 aliphatic heterocycles. The summed E-state index contributed by atoms with van der Waals surface area (Å²) >= 11 is 1.68. The Morgan fingerprint density at radius 3 is 1.61 bits per heavy atom. The van der Waals surface area contributed by atoms with Crippen molar-refractivity contribution < 1.29 is 19.8 Å². The zero-order chi connectivity index (χ0) is 36.0. The first kappa shape index (κ1) is 38.4. The average Bonchev–Trinajstić information content (AvgIpc) is 3.62. The Morgan fingerprint density at radius 1 is 0.667 bits per heavy atom. The number of likely N-dealkylation sites (N-methyl/N-ethyl adjacent to an activating group) is 2. The molecule has 13 heteroatoms. The van der Waals surface area contributed by atoms with Gasteiger partial charge in [-0.15, -0.1) is 11.3 Å². The van der Waals surface area contributed by atoms with E-state index in [-0.39, 0.29) is 0 Å². The highest BCUT2D eigenvalue weighted by molar-refractivity contribution is 7.16. The number of aromatic nitrogens is 2. The van der Waals surface area contributed by atoms with Crippen molar-refractivity contribution in [3.05, 3.63) is 71.1 Å². The Balaban J connectivity index is 0.000000774. The number of hydrogen-bond acceptors (Lipinski definition) is 11. The molecule has 274 valence electrons. The smallest absolute Gasteiger partial charge is 0.414 e. The molecule has 51 heavy (non-hydrogen) atoms. The number of piperazine rings is 2. The van der Waals surface area contributed by atoms with Crippen LogP contribution in [0.25, 0.3) is 32.9 Å². The first-order chi connectivity index (χ1) is 24.7. The molecule has 2 aromatic carbocycles. The molecule has 4 aromatic rings. The minimum absolute atomic E-state index is 0.790. The molecule has 0 unspecified atom stereocenters. The Kier molecular flexibility index (Phi) is 14.8. The van der Waals surface area contributed by atoms with E-state index in [4.69, 9.17) is 29.8 Å².